The van der Waals surface area contributed by atoms with Crippen molar-refractivity contribution in [3.8, 4) is 0 Å². The van der Waals surface area contributed by atoms with Crippen LogP contribution in [0.5, 0.6) is 0 Å². The number of carboxylic acid groups (broad SMARTS) is 1. The third kappa shape index (κ3) is 4.17. The molecular weight excluding hydrogens is 296 g/mol. The fourth-order valence-electron chi connectivity index (χ4n) is 4.03. The highest BCUT2D eigenvalue weighted by atomic mass is 16.4. The summed E-state index contributed by atoms with van der Waals surface area (Å²) < 4.78 is 0. The van der Waals surface area contributed by atoms with Crippen molar-refractivity contribution in [3.05, 3.63) is 58.7 Å². The first kappa shape index (κ1) is 18.5. The minimum atomic E-state index is -0.855. The molecule has 0 aromatic heterocycles. The lowest BCUT2D eigenvalue weighted by Crippen LogP contribution is -2.19. The van der Waals surface area contributed by atoms with Gasteiger partial charge < -0.3 is 5.11 Å². The Hall–Kier alpha value is -1.83. The zero-order chi connectivity index (χ0) is 17.7. The molecule has 0 saturated heterocycles. The topological polar surface area (TPSA) is 37.3 Å². The van der Waals surface area contributed by atoms with Gasteiger partial charge in [-0.05, 0) is 80.1 Å². The van der Waals surface area contributed by atoms with Crippen molar-refractivity contribution in [2.45, 2.75) is 65.7 Å². The van der Waals surface area contributed by atoms with Crippen molar-refractivity contribution < 1.29 is 9.90 Å². The van der Waals surface area contributed by atoms with Gasteiger partial charge in [-0.1, -0.05) is 44.2 Å². The summed E-state index contributed by atoms with van der Waals surface area (Å²) in [6, 6.07) is 0. The number of hydrogen-bond donors (Lipinski definition) is 1. The molecule has 0 heterocycles. The van der Waals surface area contributed by atoms with E-state index in [4.69, 9.17) is 0 Å². The van der Waals surface area contributed by atoms with E-state index in [2.05, 4.69) is 39.5 Å². The average molecular weight is 326 g/mol. The maximum Gasteiger partial charge on any atom is 0.335 e. The fourth-order valence-corrected chi connectivity index (χ4v) is 4.03. The molecule has 2 rings (SSSR count). The third-order valence-corrected chi connectivity index (χ3v) is 5.34. The second-order valence-corrected chi connectivity index (χ2v) is 7.60. The van der Waals surface area contributed by atoms with Crippen molar-refractivity contribution in [2.24, 2.45) is 5.41 Å². The molecule has 0 amide bonds. The van der Waals surface area contributed by atoms with Crippen LogP contribution in [-0.2, 0) is 4.79 Å². The van der Waals surface area contributed by atoms with Crippen LogP contribution in [0.25, 0.3) is 0 Å². The maximum absolute atomic E-state index is 11.6. The smallest absolute Gasteiger partial charge is 0.335 e. The molecule has 2 heteroatoms. The van der Waals surface area contributed by atoms with Crippen LogP contribution in [0, 0.1) is 5.41 Å². The van der Waals surface area contributed by atoms with Crippen molar-refractivity contribution in [1.82, 2.24) is 0 Å². The number of carbonyl (C=O) groups is 1. The predicted molar refractivity (Wildman–Crippen MR) is 101 cm³/mol. The van der Waals surface area contributed by atoms with Gasteiger partial charge in [0.25, 0.3) is 0 Å². The van der Waals surface area contributed by atoms with Crippen LogP contribution in [0.15, 0.2) is 58.7 Å². The molecule has 0 aromatic carbocycles. The molecule has 0 saturated carbocycles. The quantitative estimate of drug-likeness (QED) is 0.487. The third-order valence-electron chi connectivity index (χ3n) is 5.34. The summed E-state index contributed by atoms with van der Waals surface area (Å²) in [5.41, 5.74) is 5.67. The molecule has 0 aromatic rings. The van der Waals surface area contributed by atoms with Crippen LogP contribution < -0.4 is 0 Å². The molecule has 0 atom stereocenters. The van der Waals surface area contributed by atoms with E-state index in [9.17, 15) is 9.90 Å². The van der Waals surface area contributed by atoms with Crippen LogP contribution in [0.1, 0.15) is 65.7 Å². The summed E-state index contributed by atoms with van der Waals surface area (Å²) in [5, 5.41) is 9.53. The van der Waals surface area contributed by atoms with E-state index in [1.54, 1.807) is 12.2 Å². The monoisotopic (exact) mass is 326 g/mol. The van der Waals surface area contributed by atoms with Gasteiger partial charge in [0, 0.05) is 0 Å². The van der Waals surface area contributed by atoms with Crippen LogP contribution in [0.4, 0.5) is 0 Å². The maximum atomic E-state index is 11.6. The molecule has 2 aliphatic carbocycles. The molecule has 1 N–H and O–H groups in total. The van der Waals surface area contributed by atoms with Crippen LogP contribution in [-0.4, -0.2) is 11.1 Å². The lowest BCUT2D eigenvalue weighted by molar-refractivity contribution is -0.132. The Bertz CT molecular complexity index is 639. The first-order valence-corrected chi connectivity index (χ1v) is 9.03. The largest absolute Gasteiger partial charge is 0.478 e. The number of allylic oxidation sites excluding steroid dienone is 7. The van der Waals surface area contributed by atoms with Crippen molar-refractivity contribution >= 4 is 5.97 Å². The lowest BCUT2D eigenvalue weighted by atomic mass is 9.72. The van der Waals surface area contributed by atoms with Crippen LogP contribution >= 0.6 is 0 Å². The van der Waals surface area contributed by atoms with Gasteiger partial charge in [-0.25, -0.2) is 4.79 Å². The normalized spacial score (nSPS) is 22.2. The molecule has 130 valence electrons. The second-order valence-electron chi connectivity index (χ2n) is 7.60. The molecule has 0 bridgehead atoms. The van der Waals surface area contributed by atoms with E-state index < -0.39 is 5.97 Å². The van der Waals surface area contributed by atoms with E-state index in [-0.39, 0.29) is 5.41 Å². The van der Waals surface area contributed by atoms with Gasteiger partial charge in [0.05, 0.1) is 5.57 Å². The van der Waals surface area contributed by atoms with E-state index in [0.717, 1.165) is 31.3 Å². The number of hydrogen-bond acceptors (Lipinski definition) is 1. The first-order valence-electron chi connectivity index (χ1n) is 9.03. The molecule has 0 fully saturated rings. The van der Waals surface area contributed by atoms with Gasteiger partial charge in [-0.15, -0.1) is 0 Å². The highest BCUT2D eigenvalue weighted by Crippen LogP contribution is 2.41. The Kier molecular flexibility index (Phi) is 6.04. The van der Waals surface area contributed by atoms with E-state index >= 15 is 0 Å². The van der Waals surface area contributed by atoms with Crippen molar-refractivity contribution in [1.29, 1.82) is 0 Å². The first-order chi connectivity index (χ1) is 11.4. The Labute approximate surface area is 146 Å². The highest BCUT2D eigenvalue weighted by Gasteiger charge is 2.27. The number of carboxylic acids is 1. The average Bonchev–Trinajstić information content (AvgIpc) is 2.52. The molecule has 24 heavy (non-hydrogen) atoms. The van der Waals surface area contributed by atoms with E-state index in [1.165, 1.54) is 36.0 Å². The Morgan fingerprint density at radius 1 is 1.12 bits per heavy atom. The molecule has 0 aliphatic heterocycles. The standard InChI is InChI=1S/C22H30O2/c1-5-9-19(21(23)24)18-12-7-6-11-17(18)13-14-20-16(2)10-8-15-22(20,3)4/h5,9,13-14H,1,6-8,10-12,15H2,2-4H3,(H,23,24)/b14-13+,19-9?. The van der Waals surface area contributed by atoms with Gasteiger partial charge in [0.15, 0.2) is 0 Å². The van der Waals surface area contributed by atoms with Crippen LogP contribution in [0.3, 0.4) is 0 Å². The molecule has 2 nitrogen and oxygen atoms in total. The molecular formula is C22H30O2. The minimum Gasteiger partial charge on any atom is -0.478 e. The summed E-state index contributed by atoms with van der Waals surface area (Å²) >= 11 is 0. The Balaban J connectivity index is 2.42. The molecule has 0 unspecified atom stereocenters. The summed E-state index contributed by atoms with van der Waals surface area (Å²) in [6.45, 7) is 10.5. The van der Waals surface area contributed by atoms with Crippen molar-refractivity contribution in [2.75, 3.05) is 0 Å². The fraction of sp³-hybridized carbons (Fsp3) is 0.500. The zero-order valence-electron chi connectivity index (χ0n) is 15.3. The summed E-state index contributed by atoms with van der Waals surface area (Å²) in [7, 11) is 0. The lowest BCUT2D eigenvalue weighted by Gasteiger charge is -2.33. The van der Waals surface area contributed by atoms with E-state index in [1.807, 2.05) is 0 Å². The van der Waals surface area contributed by atoms with Gasteiger partial charge in [0.2, 0.25) is 0 Å². The predicted octanol–water partition coefficient (Wildman–Crippen LogP) is 6.14. The molecule has 0 radical (unpaired) electrons. The number of aliphatic carboxylic acids is 1. The SMILES string of the molecule is C=CC=C(C(=O)O)C1=C(/C=C/C2=C(C)CCCC2(C)C)CCCC1. The zero-order valence-corrected chi connectivity index (χ0v) is 15.3. The van der Waals surface area contributed by atoms with Gasteiger partial charge in [-0.2, -0.15) is 0 Å². The molecule has 2 aliphatic rings. The van der Waals surface area contributed by atoms with E-state index in [0.29, 0.717) is 5.57 Å². The Morgan fingerprint density at radius 2 is 1.83 bits per heavy atom. The van der Waals surface area contributed by atoms with Crippen molar-refractivity contribution in [3.63, 3.8) is 0 Å². The second kappa shape index (κ2) is 7.83. The molecule has 0 spiro atoms. The summed E-state index contributed by atoms with van der Waals surface area (Å²) in [4.78, 5) is 11.6. The summed E-state index contributed by atoms with van der Waals surface area (Å²) in [6.07, 6.45) is 15.3. The highest BCUT2D eigenvalue weighted by molar-refractivity contribution is 5.92. The van der Waals surface area contributed by atoms with Crippen LogP contribution in [0.2, 0.25) is 0 Å². The van der Waals surface area contributed by atoms with Gasteiger partial charge in [0.1, 0.15) is 0 Å². The van der Waals surface area contributed by atoms with Gasteiger partial charge in [-0.3, -0.25) is 0 Å². The van der Waals surface area contributed by atoms with Gasteiger partial charge >= 0.3 is 5.97 Å². The number of rotatable bonds is 5. The Morgan fingerprint density at radius 3 is 2.46 bits per heavy atom. The summed E-state index contributed by atoms with van der Waals surface area (Å²) in [5.74, 6) is -0.855. The minimum absolute atomic E-state index is 0.209.